The number of oxazole rings is 2. The van der Waals surface area contributed by atoms with Crippen LogP contribution in [0, 0.1) is 0 Å². The van der Waals surface area contributed by atoms with Gasteiger partial charge in [-0.3, -0.25) is 8.80 Å². The van der Waals surface area contributed by atoms with Gasteiger partial charge < -0.3 is 18.6 Å². The first-order valence-electron chi connectivity index (χ1n) is 17.3. The number of hydrogen-bond donors (Lipinski definition) is 0. The van der Waals surface area contributed by atoms with E-state index in [2.05, 4.69) is 97.5 Å². The van der Waals surface area contributed by atoms with Crippen LogP contribution in [0.4, 0.5) is 34.1 Å². The van der Waals surface area contributed by atoms with Gasteiger partial charge in [0.1, 0.15) is 0 Å². The summed E-state index contributed by atoms with van der Waals surface area (Å²) in [4.78, 5) is 14.0. The number of fused-ring (bicyclic) bond motifs is 10. The van der Waals surface area contributed by atoms with Crippen molar-refractivity contribution in [3.8, 4) is 0 Å². The van der Waals surface area contributed by atoms with Gasteiger partial charge in [-0.05, 0) is 97.1 Å². The van der Waals surface area contributed by atoms with E-state index in [-0.39, 0.29) is 0 Å². The van der Waals surface area contributed by atoms with Crippen molar-refractivity contribution in [1.29, 1.82) is 0 Å². The summed E-state index contributed by atoms with van der Waals surface area (Å²) in [6.07, 6.45) is 0. The van der Waals surface area contributed by atoms with Gasteiger partial charge in [0.2, 0.25) is 0 Å². The molecule has 252 valence electrons. The Kier molecular flexibility index (Phi) is 6.44. The highest BCUT2D eigenvalue weighted by molar-refractivity contribution is 6.36. The molecule has 0 aliphatic heterocycles. The Balaban J connectivity index is 1.12. The minimum atomic E-state index is 0.555. The molecule has 9 heteroatoms. The van der Waals surface area contributed by atoms with E-state index in [4.69, 9.17) is 30.4 Å². The lowest BCUT2D eigenvalue weighted by molar-refractivity contribution is 0.642. The molecule has 53 heavy (non-hydrogen) atoms. The van der Waals surface area contributed by atoms with Crippen molar-refractivity contribution in [1.82, 2.24) is 18.8 Å². The van der Waals surface area contributed by atoms with Gasteiger partial charge in [0.25, 0.3) is 0 Å². The van der Waals surface area contributed by atoms with Crippen molar-refractivity contribution < 1.29 is 8.83 Å². The van der Waals surface area contributed by atoms with Crippen LogP contribution in [0.15, 0.2) is 173 Å². The van der Waals surface area contributed by atoms with Gasteiger partial charge in [-0.2, -0.15) is 9.97 Å². The van der Waals surface area contributed by atoms with Gasteiger partial charge in [0.05, 0.1) is 49.5 Å². The fraction of sp³-hybridized carbons (Fsp3) is 0. The Hall–Kier alpha value is -7.03. The topological polar surface area (TPSA) is 67.4 Å². The van der Waals surface area contributed by atoms with Crippen LogP contribution >= 0.6 is 11.6 Å². The van der Waals surface area contributed by atoms with E-state index in [1.165, 1.54) is 0 Å². The molecule has 0 aliphatic carbocycles. The van der Waals surface area contributed by atoms with Crippen molar-refractivity contribution in [2.75, 3.05) is 9.80 Å². The predicted octanol–water partition coefficient (Wildman–Crippen LogP) is 12.4. The van der Waals surface area contributed by atoms with Crippen LogP contribution in [-0.2, 0) is 0 Å². The summed E-state index contributed by atoms with van der Waals surface area (Å²) in [7, 11) is 0. The lowest BCUT2D eigenvalue weighted by Crippen LogP contribution is -2.14. The highest BCUT2D eigenvalue weighted by Crippen LogP contribution is 2.47. The smallest absolute Gasteiger partial charge is 0.307 e. The Morgan fingerprint density at radius 3 is 1.32 bits per heavy atom. The molecule has 8 nitrogen and oxygen atoms in total. The number of hydrogen-bond acceptors (Lipinski definition) is 6. The minimum Gasteiger partial charge on any atom is -0.423 e. The first-order valence-corrected chi connectivity index (χ1v) is 17.7. The second-order valence-electron chi connectivity index (χ2n) is 12.9. The van der Waals surface area contributed by atoms with E-state index >= 15 is 0 Å². The third-order valence-electron chi connectivity index (χ3n) is 9.81. The number of imidazole rings is 2. The Morgan fingerprint density at radius 1 is 0.415 bits per heavy atom. The van der Waals surface area contributed by atoms with Crippen molar-refractivity contribution in [2.45, 2.75) is 0 Å². The third-order valence-corrected chi connectivity index (χ3v) is 10.2. The fourth-order valence-corrected chi connectivity index (χ4v) is 7.77. The molecule has 0 spiro atoms. The maximum atomic E-state index is 7.66. The summed E-state index contributed by atoms with van der Waals surface area (Å²) in [5.41, 5.74) is 12.5. The van der Waals surface area contributed by atoms with E-state index in [9.17, 15) is 0 Å². The molecule has 0 N–H and O–H groups in total. The summed E-state index contributed by atoms with van der Waals surface area (Å²) in [6.45, 7) is 0. The number of aromatic nitrogens is 4. The molecule has 0 fully saturated rings. The maximum absolute atomic E-state index is 7.66. The molecule has 4 aromatic heterocycles. The van der Waals surface area contributed by atoms with Gasteiger partial charge in [-0.25, -0.2) is 0 Å². The van der Waals surface area contributed by atoms with Crippen LogP contribution in [0.2, 0.25) is 5.02 Å². The molecule has 0 saturated carbocycles. The van der Waals surface area contributed by atoms with Crippen molar-refractivity contribution in [2.24, 2.45) is 0 Å². The third kappa shape index (κ3) is 4.56. The van der Waals surface area contributed by atoms with Crippen LogP contribution in [0.25, 0.3) is 56.0 Å². The van der Waals surface area contributed by atoms with Crippen LogP contribution in [-0.4, -0.2) is 18.8 Å². The molecule has 0 radical (unpaired) electrons. The number of rotatable bonds is 6. The molecule has 11 aromatic rings. The quantitative estimate of drug-likeness (QED) is 0.171. The van der Waals surface area contributed by atoms with E-state index in [0.29, 0.717) is 16.7 Å². The lowest BCUT2D eigenvalue weighted by atomic mass is 10.1. The molecule has 0 saturated heterocycles. The maximum Gasteiger partial charge on any atom is 0.307 e. The van der Waals surface area contributed by atoms with Gasteiger partial charge in [-0.15, -0.1) is 0 Å². The van der Waals surface area contributed by atoms with Crippen molar-refractivity contribution in [3.63, 3.8) is 0 Å². The Morgan fingerprint density at radius 2 is 0.849 bits per heavy atom. The fourth-order valence-electron chi connectivity index (χ4n) is 7.48. The van der Waals surface area contributed by atoms with Gasteiger partial charge in [0, 0.05) is 22.7 Å². The van der Waals surface area contributed by atoms with Gasteiger partial charge in [0.15, 0.2) is 11.2 Å². The molecule has 4 heterocycles. The summed E-state index contributed by atoms with van der Waals surface area (Å²) in [5.74, 6) is 1.11. The summed E-state index contributed by atoms with van der Waals surface area (Å²) in [6, 6.07) is 55.3. The van der Waals surface area contributed by atoms with Crippen LogP contribution in [0.1, 0.15) is 0 Å². The number of anilines is 6. The molecule has 0 bridgehead atoms. The second kappa shape index (κ2) is 11.5. The summed E-state index contributed by atoms with van der Waals surface area (Å²) < 4.78 is 16.4. The zero-order chi connectivity index (χ0) is 35.0. The van der Waals surface area contributed by atoms with E-state index in [1.54, 1.807) is 0 Å². The van der Waals surface area contributed by atoms with E-state index < -0.39 is 0 Å². The molecule has 0 aliphatic rings. The minimum absolute atomic E-state index is 0.555. The molecule has 0 amide bonds. The summed E-state index contributed by atoms with van der Waals surface area (Å²) >= 11 is 7.66. The Bertz CT molecular complexity index is 2950. The Labute approximate surface area is 306 Å². The molecule has 11 rings (SSSR count). The normalized spacial score (nSPS) is 11.9. The molecule has 7 aromatic carbocycles. The molecular weight excluding hydrogens is 680 g/mol. The second-order valence-corrected chi connectivity index (χ2v) is 13.3. The SMILES string of the molecule is Clc1c(N(c2ccccc2)c2ccc3nc4oc5ccccc5n4c3c2)cccc1N(c1ccccc1)c1ccc2nc3oc4ccccc4n3c2c1. The van der Waals surface area contributed by atoms with Gasteiger partial charge >= 0.3 is 11.7 Å². The highest BCUT2D eigenvalue weighted by Gasteiger charge is 2.24. The van der Waals surface area contributed by atoms with Crippen LogP contribution in [0.3, 0.4) is 0 Å². The van der Waals surface area contributed by atoms with Crippen molar-refractivity contribution in [3.05, 3.63) is 169 Å². The molecule has 0 unspecified atom stereocenters. The van der Waals surface area contributed by atoms with E-state index in [0.717, 1.165) is 78.4 Å². The van der Waals surface area contributed by atoms with Crippen LogP contribution in [0.5, 0.6) is 0 Å². The monoisotopic (exact) mass is 706 g/mol. The number of benzene rings is 7. The molecular formula is C44H27ClN6O2. The lowest BCUT2D eigenvalue weighted by Gasteiger charge is -2.31. The summed E-state index contributed by atoms with van der Waals surface area (Å²) in [5, 5.41) is 0.583. The highest BCUT2D eigenvalue weighted by atomic mass is 35.5. The first-order chi connectivity index (χ1) is 26.2. The average Bonchev–Trinajstić information content (AvgIpc) is 3.95. The zero-order valence-corrected chi connectivity index (χ0v) is 28.7. The average molecular weight is 707 g/mol. The molecule has 0 atom stereocenters. The van der Waals surface area contributed by atoms with Crippen LogP contribution < -0.4 is 9.80 Å². The standard InChI is InChI=1S/C44H27ClN6O2/c45-42-36(48(28-12-3-1-4-13-28)30-22-24-32-38(26-30)50-34-16-7-9-20-40(34)52-43(50)46-32)18-11-19-37(42)49(29-14-5-2-6-15-29)31-23-25-33-39(27-31)51-35-17-8-10-21-41(35)53-44(51)47-33/h1-27H. The number of halogens is 1. The van der Waals surface area contributed by atoms with E-state index in [1.807, 2.05) is 84.9 Å². The first kappa shape index (κ1) is 29.7. The van der Waals surface area contributed by atoms with Gasteiger partial charge in [-0.1, -0.05) is 78.3 Å². The number of para-hydroxylation sites is 6. The number of nitrogens with zero attached hydrogens (tertiary/aromatic N) is 6. The zero-order valence-electron chi connectivity index (χ0n) is 28.0. The predicted molar refractivity (Wildman–Crippen MR) is 213 cm³/mol. The van der Waals surface area contributed by atoms with Crippen molar-refractivity contribution >= 4 is 102 Å². The largest absolute Gasteiger partial charge is 0.423 e.